The lowest BCUT2D eigenvalue weighted by Gasteiger charge is -2.26. The quantitative estimate of drug-likeness (QED) is 0.457. The van der Waals surface area contributed by atoms with Gasteiger partial charge in [-0.1, -0.05) is 13.8 Å². The van der Waals surface area contributed by atoms with Crippen LogP contribution in [0.15, 0.2) is 23.1 Å². The molecule has 0 saturated carbocycles. The third-order valence-electron chi connectivity index (χ3n) is 3.33. The van der Waals surface area contributed by atoms with Crippen molar-refractivity contribution < 1.29 is 18.2 Å². The number of nitro groups is 1. The maximum Gasteiger partial charge on any atom is 0.293 e. The van der Waals surface area contributed by atoms with Gasteiger partial charge in [0, 0.05) is 18.0 Å². The Morgan fingerprint density at radius 3 is 2.39 bits per heavy atom. The van der Waals surface area contributed by atoms with Crippen molar-refractivity contribution in [1.29, 1.82) is 0 Å². The second kappa shape index (κ2) is 7.24. The third kappa shape index (κ3) is 5.45. The number of hydrogen-bond donors (Lipinski definition) is 3. The van der Waals surface area contributed by atoms with Crippen LogP contribution in [-0.2, 0) is 10.0 Å². The molecule has 9 heteroatoms. The fourth-order valence-corrected chi connectivity index (χ4v) is 3.20. The minimum atomic E-state index is -3.72. The topological polar surface area (TPSA) is 106 Å². The molecule has 1 aromatic rings. The van der Waals surface area contributed by atoms with E-state index >= 15 is 0 Å². The van der Waals surface area contributed by atoms with E-state index in [-0.39, 0.29) is 16.0 Å². The van der Waals surface area contributed by atoms with Gasteiger partial charge in [-0.15, -0.1) is 0 Å². The first kappa shape index (κ1) is 19.3. The molecule has 23 heavy (non-hydrogen) atoms. The number of hydrogen-bond acceptors (Lipinski definition) is 5. The summed E-state index contributed by atoms with van der Waals surface area (Å²) in [6.45, 7) is 5.56. The Morgan fingerprint density at radius 2 is 1.91 bits per heavy atom. The molecule has 3 N–H and O–H groups in total. The summed E-state index contributed by atoms with van der Waals surface area (Å²) in [6, 6.07) is 3.85. The Morgan fingerprint density at radius 1 is 1.30 bits per heavy atom. The van der Waals surface area contributed by atoms with E-state index in [0.717, 1.165) is 12.6 Å². The van der Waals surface area contributed by atoms with Gasteiger partial charge in [-0.3, -0.25) is 10.1 Å². The van der Waals surface area contributed by atoms with Crippen LogP contribution in [0.2, 0.25) is 0 Å². The van der Waals surface area contributed by atoms with Crippen LogP contribution in [0, 0.1) is 15.5 Å². The fraction of sp³-hybridized carbons (Fsp3) is 0.571. The van der Waals surface area contributed by atoms with E-state index in [1.165, 1.54) is 24.1 Å². The van der Waals surface area contributed by atoms with Crippen molar-refractivity contribution >= 4 is 21.4 Å². The summed E-state index contributed by atoms with van der Waals surface area (Å²) in [4.78, 5) is 11.8. The number of anilines is 1. The van der Waals surface area contributed by atoms with E-state index in [2.05, 4.69) is 23.9 Å². The lowest BCUT2D eigenvalue weighted by atomic mass is 9.93. The molecule has 0 atom stereocenters. The summed E-state index contributed by atoms with van der Waals surface area (Å²) in [7, 11) is 1.63. The van der Waals surface area contributed by atoms with Crippen molar-refractivity contribution in [1.82, 2.24) is 4.72 Å². The molecule has 0 spiro atoms. The summed E-state index contributed by atoms with van der Waals surface area (Å²) >= 11 is 0. The normalized spacial score (nSPS) is 12.4. The number of nitrogens with zero attached hydrogens (tertiary/aromatic N) is 1. The first-order chi connectivity index (χ1) is 10.5. The van der Waals surface area contributed by atoms with Crippen molar-refractivity contribution in [3.8, 4) is 0 Å². The Bertz CT molecular complexity index is 671. The predicted octanol–water partition coefficient (Wildman–Crippen LogP) is 0.0855. The number of benzene rings is 1. The lowest BCUT2D eigenvalue weighted by molar-refractivity contribution is -0.865. The number of nitro benzene ring substituents is 1. The molecule has 0 saturated heterocycles. The predicted molar refractivity (Wildman–Crippen MR) is 89.3 cm³/mol. The van der Waals surface area contributed by atoms with Crippen LogP contribution in [-0.4, -0.2) is 47.6 Å². The molecule has 0 radical (unpaired) electrons. The zero-order valence-corrected chi connectivity index (χ0v) is 15.0. The van der Waals surface area contributed by atoms with Gasteiger partial charge in [0.15, 0.2) is 0 Å². The molecule has 0 amide bonds. The molecule has 0 unspecified atom stereocenters. The van der Waals surface area contributed by atoms with Crippen LogP contribution in [0.25, 0.3) is 0 Å². The highest BCUT2D eigenvalue weighted by atomic mass is 32.2. The number of nitrogens with one attached hydrogen (secondary N) is 3. The number of quaternary nitrogens is 1. The average Bonchev–Trinajstić information content (AvgIpc) is 2.43. The lowest BCUT2D eigenvalue weighted by Crippen LogP contribution is -3.07. The zero-order chi connectivity index (χ0) is 17.8. The van der Waals surface area contributed by atoms with Gasteiger partial charge in [0.2, 0.25) is 10.0 Å². The molecule has 1 aromatic carbocycles. The van der Waals surface area contributed by atoms with Gasteiger partial charge in [0.05, 0.1) is 30.5 Å². The molecular formula is C14H25N4O4S+. The van der Waals surface area contributed by atoms with E-state index in [4.69, 9.17) is 0 Å². The van der Waals surface area contributed by atoms with E-state index in [0.29, 0.717) is 12.2 Å². The molecule has 1 rings (SSSR count). The molecular weight excluding hydrogens is 320 g/mol. The van der Waals surface area contributed by atoms with Crippen molar-refractivity contribution in [3.05, 3.63) is 28.3 Å². The number of rotatable bonds is 8. The summed E-state index contributed by atoms with van der Waals surface area (Å²) in [5.74, 6) is 0. The van der Waals surface area contributed by atoms with Gasteiger partial charge in [0.1, 0.15) is 5.69 Å². The molecule has 0 aliphatic rings. The molecule has 0 aliphatic heterocycles. The Hall–Kier alpha value is -1.71. The second-order valence-electron chi connectivity index (χ2n) is 6.55. The minimum Gasteiger partial charge on any atom is -0.379 e. The van der Waals surface area contributed by atoms with Crippen LogP contribution in [0.3, 0.4) is 0 Å². The summed E-state index contributed by atoms with van der Waals surface area (Å²) < 4.78 is 25.7. The average molecular weight is 345 g/mol. The number of sulfonamides is 1. The van der Waals surface area contributed by atoms with Crippen LogP contribution < -0.4 is 14.9 Å². The van der Waals surface area contributed by atoms with Crippen molar-refractivity contribution in [2.24, 2.45) is 5.41 Å². The molecule has 0 bridgehead atoms. The summed E-state index contributed by atoms with van der Waals surface area (Å²) in [6.07, 6.45) is 0. The molecule has 0 fully saturated rings. The van der Waals surface area contributed by atoms with Crippen LogP contribution in [0.4, 0.5) is 11.4 Å². The third-order valence-corrected chi connectivity index (χ3v) is 4.75. The highest BCUT2D eigenvalue weighted by Gasteiger charge is 2.24. The molecule has 130 valence electrons. The van der Waals surface area contributed by atoms with Gasteiger partial charge in [-0.2, -0.15) is 0 Å². The SMILES string of the molecule is CNS(=O)(=O)c1ccc(NCC(C)(C)C[NH+](C)C)c([N+](=O)[O-])c1. The molecule has 0 aromatic heterocycles. The first-order valence-corrected chi connectivity index (χ1v) is 8.72. The monoisotopic (exact) mass is 345 g/mol. The Balaban J connectivity index is 3.07. The van der Waals surface area contributed by atoms with Gasteiger partial charge >= 0.3 is 0 Å². The zero-order valence-electron chi connectivity index (χ0n) is 14.1. The van der Waals surface area contributed by atoms with Crippen molar-refractivity contribution in [2.45, 2.75) is 18.7 Å². The van der Waals surface area contributed by atoms with Crippen molar-refractivity contribution in [3.63, 3.8) is 0 Å². The second-order valence-corrected chi connectivity index (χ2v) is 8.43. The molecule has 0 heterocycles. The van der Waals surface area contributed by atoms with E-state index in [9.17, 15) is 18.5 Å². The fourth-order valence-electron chi connectivity index (χ4n) is 2.45. The van der Waals surface area contributed by atoms with E-state index in [1.807, 2.05) is 14.1 Å². The van der Waals surface area contributed by atoms with Crippen LogP contribution >= 0.6 is 0 Å². The van der Waals surface area contributed by atoms with Gasteiger partial charge in [-0.25, -0.2) is 13.1 Å². The van der Waals surface area contributed by atoms with E-state index in [1.54, 1.807) is 0 Å². The van der Waals surface area contributed by atoms with Crippen molar-refractivity contribution in [2.75, 3.05) is 39.5 Å². The first-order valence-electron chi connectivity index (χ1n) is 7.23. The summed E-state index contributed by atoms with van der Waals surface area (Å²) in [5, 5.41) is 14.3. The van der Waals surface area contributed by atoms with E-state index < -0.39 is 14.9 Å². The molecule has 0 aliphatic carbocycles. The van der Waals surface area contributed by atoms with Crippen LogP contribution in [0.5, 0.6) is 0 Å². The minimum absolute atomic E-state index is 0.0670. The highest BCUT2D eigenvalue weighted by Crippen LogP contribution is 2.28. The van der Waals surface area contributed by atoms with Gasteiger partial charge in [0.25, 0.3) is 5.69 Å². The van der Waals surface area contributed by atoms with Crippen LogP contribution in [0.1, 0.15) is 13.8 Å². The summed E-state index contributed by atoms with van der Waals surface area (Å²) in [5.41, 5.74) is -0.0104. The maximum absolute atomic E-state index is 11.8. The standard InChI is InChI=1S/C14H24N4O4S/c1-14(2,10-17(4)5)9-16-12-7-6-11(23(21,22)15-3)8-13(12)18(19)20/h6-8,15-16H,9-10H2,1-5H3/p+1. The van der Waals surface area contributed by atoms with Gasteiger partial charge in [-0.05, 0) is 19.2 Å². The highest BCUT2D eigenvalue weighted by molar-refractivity contribution is 7.89. The maximum atomic E-state index is 11.8. The van der Waals surface area contributed by atoms with Gasteiger partial charge < -0.3 is 10.2 Å². The largest absolute Gasteiger partial charge is 0.379 e. The Labute approximate surface area is 137 Å². The molecule has 8 nitrogen and oxygen atoms in total. The smallest absolute Gasteiger partial charge is 0.293 e. The Kier molecular flexibility index (Phi) is 6.09.